The summed E-state index contributed by atoms with van der Waals surface area (Å²) in [5.41, 5.74) is 12.3. The van der Waals surface area contributed by atoms with Crippen LogP contribution in [0.4, 0.5) is 4.79 Å². The molecule has 0 bridgehead atoms. The number of fused-ring (bicyclic) bond motifs is 1. The zero-order chi connectivity index (χ0) is 25.2. The van der Waals surface area contributed by atoms with Gasteiger partial charge in [0.2, 0.25) is 10.0 Å². The number of aryl methyl sites for hydroxylation is 1. The number of amides is 1. The van der Waals surface area contributed by atoms with E-state index in [9.17, 15) is 18.0 Å². The van der Waals surface area contributed by atoms with Gasteiger partial charge < -0.3 is 25.5 Å². The number of sulfonamides is 1. The van der Waals surface area contributed by atoms with E-state index < -0.39 is 27.8 Å². The molecule has 0 fully saturated rings. The van der Waals surface area contributed by atoms with Crippen molar-refractivity contribution in [2.24, 2.45) is 11.5 Å². The summed E-state index contributed by atoms with van der Waals surface area (Å²) in [6.07, 6.45) is -0.644. The topological polar surface area (TPSA) is 158 Å². The molecule has 10 nitrogen and oxygen atoms in total. The second-order valence-electron chi connectivity index (χ2n) is 7.71. The van der Waals surface area contributed by atoms with Crippen LogP contribution in [0.1, 0.15) is 22.7 Å². The van der Waals surface area contributed by atoms with E-state index in [4.69, 9.17) is 32.2 Å². The third-order valence-corrected chi connectivity index (χ3v) is 6.86. The van der Waals surface area contributed by atoms with Crippen molar-refractivity contribution < 1.29 is 22.4 Å². The lowest BCUT2D eigenvalue weighted by atomic mass is 9.95. The molecular formula is C22H25ClN4O6S. The van der Waals surface area contributed by atoms with Crippen molar-refractivity contribution in [2.45, 2.75) is 17.9 Å². The monoisotopic (exact) mass is 508 g/mol. The first kappa shape index (κ1) is 25.7. The maximum Gasteiger partial charge on any atom is 0.414 e. The average molecular weight is 509 g/mol. The summed E-state index contributed by atoms with van der Waals surface area (Å²) >= 11 is 6.30. The van der Waals surface area contributed by atoms with Crippen LogP contribution in [0.25, 0.3) is 11.0 Å². The Hall–Kier alpha value is -2.96. The number of carbonyl (C=O) groups is 1. The van der Waals surface area contributed by atoms with Gasteiger partial charge >= 0.3 is 11.7 Å². The molecule has 0 aliphatic rings. The zero-order valence-electron chi connectivity index (χ0n) is 18.8. The lowest BCUT2D eigenvalue weighted by Gasteiger charge is -2.17. The minimum Gasteiger partial charge on any atom is -0.422 e. The molecule has 12 heteroatoms. The fourth-order valence-electron chi connectivity index (χ4n) is 3.31. The van der Waals surface area contributed by atoms with Gasteiger partial charge in [-0.05, 0) is 36.2 Å². The molecule has 3 aromatic rings. The molecule has 0 aliphatic heterocycles. The number of rotatable bonds is 7. The quantitative estimate of drug-likeness (QED) is 0.409. The van der Waals surface area contributed by atoms with Gasteiger partial charge in [0, 0.05) is 38.6 Å². The lowest BCUT2D eigenvalue weighted by Crippen LogP contribution is -2.29. The van der Waals surface area contributed by atoms with E-state index in [0.29, 0.717) is 16.5 Å². The van der Waals surface area contributed by atoms with Crippen LogP contribution in [-0.4, -0.2) is 46.6 Å². The van der Waals surface area contributed by atoms with E-state index in [-0.39, 0.29) is 39.9 Å². The van der Waals surface area contributed by atoms with Crippen molar-refractivity contribution in [2.75, 3.05) is 27.2 Å². The fraction of sp³-hybridized carbons (Fsp3) is 0.273. The second-order valence-corrected chi connectivity index (χ2v) is 9.88. The summed E-state index contributed by atoms with van der Waals surface area (Å²) in [7, 11) is -0.756. The van der Waals surface area contributed by atoms with Crippen molar-refractivity contribution in [1.82, 2.24) is 9.62 Å². The van der Waals surface area contributed by atoms with Crippen molar-refractivity contribution in [3.8, 4) is 5.75 Å². The summed E-state index contributed by atoms with van der Waals surface area (Å²) in [6, 6.07) is 7.86. The van der Waals surface area contributed by atoms with Gasteiger partial charge in [-0.15, -0.1) is 0 Å². The van der Waals surface area contributed by atoms with Gasteiger partial charge in [0.25, 0.3) is 0 Å². The SMILES string of the molecule is Cc1c(C(N)c2cccc(S(=O)(=O)NCCN)c2)c(=O)oc2cc(OC(=O)N(C)C)c(Cl)cc12. The van der Waals surface area contributed by atoms with E-state index in [2.05, 4.69) is 4.72 Å². The van der Waals surface area contributed by atoms with Crippen LogP contribution in [0.3, 0.4) is 0 Å². The van der Waals surface area contributed by atoms with Gasteiger partial charge in [-0.1, -0.05) is 23.7 Å². The van der Waals surface area contributed by atoms with Crippen LogP contribution >= 0.6 is 11.6 Å². The van der Waals surface area contributed by atoms with E-state index in [1.54, 1.807) is 13.0 Å². The minimum absolute atomic E-state index is 0.00729. The molecule has 0 spiro atoms. The molecule has 1 atom stereocenters. The number of nitrogens with two attached hydrogens (primary N) is 2. The smallest absolute Gasteiger partial charge is 0.414 e. The van der Waals surface area contributed by atoms with E-state index >= 15 is 0 Å². The molecule has 2 aromatic carbocycles. The van der Waals surface area contributed by atoms with Crippen molar-refractivity contribution >= 4 is 38.7 Å². The van der Waals surface area contributed by atoms with Crippen LogP contribution < -0.4 is 26.6 Å². The first-order chi connectivity index (χ1) is 16.0. The molecule has 1 unspecified atom stereocenters. The Morgan fingerprint density at radius 2 is 1.97 bits per heavy atom. The number of carbonyl (C=O) groups excluding carboxylic acids is 1. The Morgan fingerprint density at radius 3 is 2.62 bits per heavy atom. The normalized spacial score (nSPS) is 12.5. The molecule has 5 N–H and O–H groups in total. The van der Waals surface area contributed by atoms with E-state index in [0.717, 1.165) is 0 Å². The summed E-state index contributed by atoms with van der Waals surface area (Å²) in [5, 5.41) is 0.631. The van der Waals surface area contributed by atoms with Gasteiger partial charge in [-0.2, -0.15) is 0 Å². The fourth-order valence-corrected chi connectivity index (χ4v) is 4.61. The first-order valence-corrected chi connectivity index (χ1v) is 12.0. The Kier molecular flexibility index (Phi) is 7.64. The molecule has 1 heterocycles. The zero-order valence-corrected chi connectivity index (χ0v) is 20.4. The van der Waals surface area contributed by atoms with Gasteiger partial charge in [-0.3, -0.25) is 0 Å². The highest BCUT2D eigenvalue weighted by Crippen LogP contribution is 2.34. The molecule has 0 saturated carbocycles. The van der Waals surface area contributed by atoms with Gasteiger partial charge in [-0.25, -0.2) is 22.7 Å². The van der Waals surface area contributed by atoms with Crippen molar-refractivity contribution in [1.29, 1.82) is 0 Å². The molecule has 182 valence electrons. The molecule has 3 rings (SSSR count). The third kappa shape index (κ3) is 5.24. The predicted octanol–water partition coefficient (Wildman–Crippen LogP) is 2.10. The molecule has 1 aromatic heterocycles. The third-order valence-electron chi connectivity index (χ3n) is 5.10. The number of hydrogen-bond acceptors (Lipinski definition) is 8. The van der Waals surface area contributed by atoms with Crippen molar-refractivity contribution in [3.05, 3.63) is 68.5 Å². The summed E-state index contributed by atoms with van der Waals surface area (Å²) in [5.74, 6) is 0.0374. The second kappa shape index (κ2) is 10.1. The van der Waals surface area contributed by atoms with Crippen LogP contribution in [0.2, 0.25) is 5.02 Å². The maximum absolute atomic E-state index is 12.9. The number of nitrogens with zero attached hydrogens (tertiary/aromatic N) is 1. The highest BCUT2D eigenvalue weighted by atomic mass is 35.5. The average Bonchev–Trinajstić information content (AvgIpc) is 2.79. The Bertz CT molecular complexity index is 1400. The van der Waals surface area contributed by atoms with Crippen molar-refractivity contribution in [3.63, 3.8) is 0 Å². The molecule has 0 saturated heterocycles. The minimum atomic E-state index is -3.79. The van der Waals surface area contributed by atoms with Crippen LogP contribution in [0, 0.1) is 6.92 Å². The maximum atomic E-state index is 12.9. The standard InChI is InChI=1S/C22H25ClN4O6S/c1-12-15-10-16(23)18(33-22(29)27(2)3)11-17(15)32-21(28)19(12)20(25)13-5-4-6-14(9-13)34(30,31)26-8-7-24/h4-6,9-11,20,26H,7-8,24-25H2,1-3H3. The highest BCUT2D eigenvalue weighted by Gasteiger charge is 2.23. The van der Waals surface area contributed by atoms with E-state index in [1.807, 2.05) is 0 Å². The lowest BCUT2D eigenvalue weighted by molar-refractivity contribution is 0.172. The number of nitrogens with one attached hydrogen (secondary N) is 1. The molecule has 1 amide bonds. The number of benzene rings is 2. The number of ether oxygens (including phenoxy) is 1. The summed E-state index contributed by atoms with van der Waals surface area (Å²) in [6.45, 7) is 1.91. The Balaban J connectivity index is 2.06. The molecular weight excluding hydrogens is 484 g/mol. The van der Waals surface area contributed by atoms with Crippen LogP contribution in [0.5, 0.6) is 5.75 Å². The number of hydrogen-bond donors (Lipinski definition) is 3. The first-order valence-electron chi connectivity index (χ1n) is 10.2. The van der Waals surface area contributed by atoms with Crippen LogP contribution in [-0.2, 0) is 10.0 Å². The molecule has 0 radical (unpaired) electrons. The highest BCUT2D eigenvalue weighted by molar-refractivity contribution is 7.89. The molecule has 0 aliphatic carbocycles. The Morgan fingerprint density at radius 1 is 1.26 bits per heavy atom. The Labute approximate surface area is 201 Å². The number of halogens is 1. The largest absolute Gasteiger partial charge is 0.422 e. The van der Waals surface area contributed by atoms with Gasteiger partial charge in [0.05, 0.1) is 21.5 Å². The van der Waals surface area contributed by atoms with Gasteiger partial charge in [0.1, 0.15) is 5.58 Å². The summed E-state index contributed by atoms with van der Waals surface area (Å²) < 4.78 is 38.0. The summed E-state index contributed by atoms with van der Waals surface area (Å²) in [4.78, 5) is 26.0. The molecule has 34 heavy (non-hydrogen) atoms. The van der Waals surface area contributed by atoms with E-state index in [1.165, 1.54) is 49.3 Å². The predicted molar refractivity (Wildman–Crippen MR) is 129 cm³/mol. The van der Waals surface area contributed by atoms with Gasteiger partial charge in [0.15, 0.2) is 5.75 Å². The van der Waals surface area contributed by atoms with Crippen LogP contribution in [0.15, 0.2) is 50.5 Å².